The van der Waals surface area contributed by atoms with Gasteiger partial charge in [0.15, 0.2) is 0 Å². The molecule has 0 bridgehead atoms. The van der Waals surface area contributed by atoms with Crippen molar-refractivity contribution in [3.63, 3.8) is 0 Å². The fourth-order valence-electron chi connectivity index (χ4n) is 1.86. The first-order chi connectivity index (χ1) is 9.61. The minimum Gasteiger partial charge on any atom is -0.507 e. The number of carbonyl (C=O) groups excluding carboxylic acids is 1. The van der Waals surface area contributed by atoms with Crippen molar-refractivity contribution in [1.29, 1.82) is 0 Å². The van der Waals surface area contributed by atoms with Crippen LogP contribution in [0.25, 0.3) is 0 Å². The Hall–Kier alpha value is -1.75. The highest BCUT2D eigenvalue weighted by molar-refractivity contribution is 5.96. The molecule has 5 heteroatoms. The second-order valence-electron chi connectivity index (χ2n) is 5.13. The highest BCUT2D eigenvalue weighted by atomic mass is 16.5. The summed E-state index contributed by atoms with van der Waals surface area (Å²) in [5.74, 6) is 0.955. The molecule has 0 spiro atoms. The van der Waals surface area contributed by atoms with Crippen molar-refractivity contribution in [2.24, 2.45) is 5.92 Å². The maximum Gasteiger partial charge on any atom is 0.257 e. The molecule has 1 fully saturated rings. The van der Waals surface area contributed by atoms with Gasteiger partial charge in [0.05, 0.1) is 19.3 Å². The van der Waals surface area contributed by atoms with Crippen LogP contribution in [0.2, 0.25) is 0 Å². The first-order valence-corrected chi connectivity index (χ1v) is 6.82. The number of methoxy groups -OCH3 is 1. The number of phenols is 1. The molecule has 1 saturated carbocycles. The highest BCUT2D eigenvalue weighted by Gasteiger charge is 2.21. The summed E-state index contributed by atoms with van der Waals surface area (Å²) >= 11 is 0. The molecule has 1 aliphatic rings. The number of ether oxygens (including phenoxy) is 2. The second kappa shape index (κ2) is 6.61. The Morgan fingerprint density at radius 3 is 2.80 bits per heavy atom. The van der Waals surface area contributed by atoms with Crippen molar-refractivity contribution < 1.29 is 19.4 Å². The Bertz CT molecular complexity index is 471. The molecule has 0 atom stereocenters. The van der Waals surface area contributed by atoms with Crippen LogP contribution in [0.4, 0.5) is 0 Å². The third-order valence-corrected chi connectivity index (χ3v) is 3.40. The summed E-state index contributed by atoms with van der Waals surface area (Å²) in [5.41, 5.74) is 0.274. The molecule has 20 heavy (non-hydrogen) atoms. The Morgan fingerprint density at radius 1 is 1.45 bits per heavy atom. The number of nitrogens with zero attached hydrogens (tertiary/aromatic N) is 1. The van der Waals surface area contributed by atoms with E-state index in [4.69, 9.17) is 9.47 Å². The van der Waals surface area contributed by atoms with Gasteiger partial charge in [0.1, 0.15) is 11.5 Å². The van der Waals surface area contributed by atoms with Crippen LogP contribution in [0.15, 0.2) is 18.2 Å². The van der Waals surface area contributed by atoms with Crippen LogP contribution in [-0.2, 0) is 4.74 Å². The molecular weight excluding hydrogens is 258 g/mol. The van der Waals surface area contributed by atoms with Crippen molar-refractivity contribution in [1.82, 2.24) is 4.90 Å². The molecule has 5 nitrogen and oxygen atoms in total. The van der Waals surface area contributed by atoms with Gasteiger partial charge in [-0.25, -0.2) is 0 Å². The molecule has 0 radical (unpaired) electrons. The predicted molar refractivity (Wildman–Crippen MR) is 75.2 cm³/mol. The van der Waals surface area contributed by atoms with Crippen LogP contribution in [0.5, 0.6) is 11.5 Å². The predicted octanol–water partition coefficient (Wildman–Crippen LogP) is 1.90. The minimum absolute atomic E-state index is 0.0694. The van der Waals surface area contributed by atoms with Gasteiger partial charge in [0.2, 0.25) is 0 Å². The van der Waals surface area contributed by atoms with E-state index in [9.17, 15) is 9.90 Å². The topological polar surface area (TPSA) is 59.0 Å². The molecule has 1 N–H and O–H groups in total. The smallest absolute Gasteiger partial charge is 0.257 e. The van der Waals surface area contributed by atoms with Crippen molar-refractivity contribution in [2.45, 2.75) is 12.8 Å². The summed E-state index contributed by atoms with van der Waals surface area (Å²) in [6, 6.07) is 4.66. The van der Waals surface area contributed by atoms with E-state index >= 15 is 0 Å². The SMILES string of the molecule is COc1ccc(C(=O)N(C)CCOCC2CC2)c(O)c1. The Morgan fingerprint density at radius 2 is 2.20 bits per heavy atom. The van der Waals surface area contributed by atoms with E-state index in [-0.39, 0.29) is 17.2 Å². The first kappa shape index (κ1) is 14.7. The number of hydrogen-bond donors (Lipinski definition) is 1. The van der Waals surface area contributed by atoms with Crippen molar-refractivity contribution >= 4 is 5.91 Å². The van der Waals surface area contributed by atoms with Gasteiger partial charge < -0.3 is 19.5 Å². The molecular formula is C15H21NO4. The summed E-state index contributed by atoms with van der Waals surface area (Å²) in [6.07, 6.45) is 2.52. The van der Waals surface area contributed by atoms with E-state index in [1.165, 1.54) is 26.0 Å². The average Bonchev–Trinajstić information content (AvgIpc) is 3.26. The maximum absolute atomic E-state index is 12.2. The molecule has 0 aromatic heterocycles. The van der Waals surface area contributed by atoms with Crippen molar-refractivity contribution in [3.8, 4) is 11.5 Å². The van der Waals surface area contributed by atoms with E-state index in [0.29, 0.717) is 18.9 Å². The van der Waals surface area contributed by atoms with Crippen LogP contribution in [0.3, 0.4) is 0 Å². The molecule has 0 saturated heterocycles. The van der Waals surface area contributed by atoms with Gasteiger partial charge >= 0.3 is 0 Å². The number of carbonyl (C=O) groups is 1. The molecule has 110 valence electrons. The first-order valence-electron chi connectivity index (χ1n) is 6.82. The monoisotopic (exact) mass is 279 g/mol. The second-order valence-corrected chi connectivity index (χ2v) is 5.13. The lowest BCUT2D eigenvalue weighted by Crippen LogP contribution is -2.30. The molecule has 1 aromatic carbocycles. The fraction of sp³-hybridized carbons (Fsp3) is 0.533. The van der Waals surface area contributed by atoms with E-state index in [1.807, 2.05) is 0 Å². The maximum atomic E-state index is 12.2. The minimum atomic E-state index is -0.222. The van der Waals surface area contributed by atoms with E-state index < -0.39 is 0 Å². The lowest BCUT2D eigenvalue weighted by atomic mass is 10.1. The third kappa shape index (κ3) is 3.87. The molecule has 0 aliphatic heterocycles. The molecule has 1 aromatic rings. The summed E-state index contributed by atoms with van der Waals surface area (Å²) in [7, 11) is 3.21. The van der Waals surface area contributed by atoms with Crippen LogP contribution < -0.4 is 4.74 Å². The number of benzene rings is 1. The van der Waals surface area contributed by atoms with Gasteiger partial charge in [-0.1, -0.05) is 0 Å². The lowest BCUT2D eigenvalue weighted by molar-refractivity contribution is 0.0678. The number of phenolic OH excluding ortho intramolecular Hbond substituents is 1. The number of likely N-dealkylation sites (N-methyl/N-ethyl adjacent to an activating group) is 1. The Labute approximate surface area is 119 Å². The summed E-state index contributed by atoms with van der Waals surface area (Å²) < 4.78 is 10.5. The van der Waals surface area contributed by atoms with Gasteiger partial charge in [-0.2, -0.15) is 0 Å². The lowest BCUT2D eigenvalue weighted by Gasteiger charge is -2.18. The van der Waals surface area contributed by atoms with Crippen molar-refractivity contribution in [2.75, 3.05) is 33.9 Å². The molecule has 0 unspecified atom stereocenters. The number of rotatable bonds is 7. The average molecular weight is 279 g/mol. The van der Waals surface area contributed by atoms with E-state index in [0.717, 1.165) is 12.5 Å². The normalized spacial score (nSPS) is 14.1. The largest absolute Gasteiger partial charge is 0.507 e. The van der Waals surface area contributed by atoms with Crippen LogP contribution in [0, 0.1) is 5.92 Å². The zero-order valence-electron chi connectivity index (χ0n) is 12.0. The fourth-order valence-corrected chi connectivity index (χ4v) is 1.86. The van der Waals surface area contributed by atoms with Gasteiger partial charge in [0, 0.05) is 26.3 Å². The molecule has 1 aliphatic carbocycles. The quantitative estimate of drug-likeness (QED) is 0.774. The van der Waals surface area contributed by atoms with E-state index in [2.05, 4.69) is 0 Å². The summed E-state index contributed by atoms with van der Waals surface area (Å²) in [6.45, 7) is 1.82. The Kier molecular flexibility index (Phi) is 4.84. The zero-order valence-corrected chi connectivity index (χ0v) is 12.0. The van der Waals surface area contributed by atoms with Crippen molar-refractivity contribution in [3.05, 3.63) is 23.8 Å². The zero-order chi connectivity index (χ0) is 14.5. The molecule has 0 heterocycles. The van der Waals surface area contributed by atoms with Gasteiger partial charge in [-0.05, 0) is 30.9 Å². The molecule has 1 amide bonds. The van der Waals surface area contributed by atoms with Gasteiger partial charge in [-0.15, -0.1) is 0 Å². The van der Waals surface area contributed by atoms with E-state index in [1.54, 1.807) is 24.1 Å². The standard InChI is InChI=1S/C15H21NO4/c1-16(7-8-20-10-11-3-4-11)15(18)13-6-5-12(19-2)9-14(13)17/h5-6,9,11,17H,3-4,7-8,10H2,1-2H3. The molecule has 2 rings (SSSR count). The van der Waals surface area contributed by atoms with Gasteiger partial charge in [-0.3, -0.25) is 4.79 Å². The summed E-state index contributed by atoms with van der Waals surface area (Å²) in [5, 5.41) is 9.84. The summed E-state index contributed by atoms with van der Waals surface area (Å²) in [4.78, 5) is 13.7. The van der Waals surface area contributed by atoms with Crippen LogP contribution in [-0.4, -0.2) is 49.8 Å². The van der Waals surface area contributed by atoms with Crippen LogP contribution in [0.1, 0.15) is 23.2 Å². The van der Waals surface area contributed by atoms with Gasteiger partial charge in [0.25, 0.3) is 5.91 Å². The highest BCUT2D eigenvalue weighted by Crippen LogP contribution is 2.28. The number of aromatic hydroxyl groups is 1. The third-order valence-electron chi connectivity index (χ3n) is 3.40. The van der Waals surface area contributed by atoms with Crippen LogP contribution >= 0.6 is 0 Å². The number of hydrogen-bond acceptors (Lipinski definition) is 4. The number of amides is 1. The Balaban J connectivity index is 1.85.